The van der Waals surface area contributed by atoms with Gasteiger partial charge < -0.3 is 10.6 Å². The molecule has 134 valence electrons. The normalized spacial score (nSPS) is 10.6. The summed E-state index contributed by atoms with van der Waals surface area (Å²) in [4.78, 5) is 0. The molecule has 0 aliphatic carbocycles. The van der Waals surface area contributed by atoms with Gasteiger partial charge in [0.1, 0.15) is 5.82 Å². The van der Waals surface area contributed by atoms with Crippen molar-refractivity contribution in [2.75, 3.05) is 10.6 Å². The van der Waals surface area contributed by atoms with Gasteiger partial charge in [0.25, 0.3) is 0 Å². The van der Waals surface area contributed by atoms with Crippen molar-refractivity contribution in [1.82, 2.24) is 9.78 Å². The second-order valence-electron chi connectivity index (χ2n) is 5.89. The Morgan fingerprint density at radius 2 is 1.81 bits per heavy atom. The number of benzene rings is 2. The summed E-state index contributed by atoms with van der Waals surface area (Å²) in [5, 5.41) is 11.6. The number of nitrogens with one attached hydrogen (secondary N) is 2. The van der Waals surface area contributed by atoms with Crippen LogP contribution in [0, 0.1) is 19.7 Å². The van der Waals surface area contributed by atoms with Crippen LogP contribution in [0.25, 0.3) is 0 Å². The molecule has 3 rings (SSSR count). The highest BCUT2D eigenvalue weighted by Crippen LogP contribution is 2.22. The average Bonchev–Trinajstić information content (AvgIpc) is 2.86. The fourth-order valence-electron chi connectivity index (χ4n) is 2.62. The molecule has 0 fully saturated rings. The maximum Gasteiger partial charge on any atom is 0.175 e. The Morgan fingerprint density at radius 1 is 1.12 bits per heavy atom. The third kappa shape index (κ3) is 4.20. The average molecular weight is 389 g/mol. The van der Waals surface area contributed by atoms with E-state index in [1.165, 1.54) is 6.07 Å². The lowest BCUT2D eigenvalue weighted by molar-refractivity contribution is 0.632. The molecule has 0 saturated heterocycles. The Hall–Kier alpha value is -2.44. The maximum atomic E-state index is 13.7. The van der Waals surface area contributed by atoms with Crippen LogP contribution in [-0.2, 0) is 6.54 Å². The first-order chi connectivity index (χ1) is 12.4. The van der Waals surface area contributed by atoms with Crippen LogP contribution in [0.4, 0.5) is 15.8 Å². The highest BCUT2D eigenvalue weighted by Gasteiger charge is 2.13. The van der Waals surface area contributed by atoms with Gasteiger partial charge in [0.2, 0.25) is 0 Å². The van der Waals surface area contributed by atoms with Gasteiger partial charge in [0.15, 0.2) is 5.11 Å². The van der Waals surface area contributed by atoms with Crippen molar-refractivity contribution >= 4 is 40.3 Å². The summed E-state index contributed by atoms with van der Waals surface area (Å²) in [7, 11) is 0. The minimum atomic E-state index is -0.358. The van der Waals surface area contributed by atoms with E-state index >= 15 is 0 Å². The second-order valence-corrected chi connectivity index (χ2v) is 6.73. The smallest absolute Gasteiger partial charge is 0.175 e. The van der Waals surface area contributed by atoms with Crippen LogP contribution in [0.5, 0.6) is 0 Å². The van der Waals surface area contributed by atoms with Crippen molar-refractivity contribution in [3.05, 3.63) is 76.3 Å². The number of halogens is 2. The molecule has 2 N–H and O–H groups in total. The number of hydrogen-bond acceptors (Lipinski definition) is 2. The first-order valence-electron chi connectivity index (χ1n) is 8.05. The predicted octanol–water partition coefficient (Wildman–Crippen LogP) is 5.15. The topological polar surface area (TPSA) is 41.9 Å². The molecule has 0 aliphatic rings. The zero-order chi connectivity index (χ0) is 18.7. The molecular formula is C19H18ClFN4S. The Labute approximate surface area is 162 Å². The molecule has 7 heteroatoms. The molecule has 0 amide bonds. The van der Waals surface area contributed by atoms with Crippen molar-refractivity contribution in [2.45, 2.75) is 20.4 Å². The molecule has 1 aromatic heterocycles. The van der Waals surface area contributed by atoms with Crippen LogP contribution >= 0.6 is 23.8 Å². The quantitative estimate of drug-likeness (QED) is 0.606. The zero-order valence-corrected chi connectivity index (χ0v) is 16.0. The molecule has 26 heavy (non-hydrogen) atoms. The van der Waals surface area contributed by atoms with Gasteiger partial charge in [-0.25, -0.2) is 4.39 Å². The molecule has 0 saturated carbocycles. The summed E-state index contributed by atoms with van der Waals surface area (Å²) < 4.78 is 15.6. The van der Waals surface area contributed by atoms with E-state index in [-0.39, 0.29) is 5.82 Å². The van der Waals surface area contributed by atoms with Gasteiger partial charge in [-0.2, -0.15) is 5.10 Å². The zero-order valence-electron chi connectivity index (χ0n) is 14.4. The summed E-state index contributed by atoms with van der Waals surface area (Å²) in [6.07, 6.45) is 0. The summed E-state index contributed by atoms with van der Waals surface area (Å²) in [6.45, 7) is 4.49. The van der Waals surface area contributed by atoms with Crippen LogP contribution in [0.1, 0.15) is 17.0 Å². The van der Waals surface area contributed by atoms with Crippen LogP contribution in [-0.4, -0.2) is 14.9 Å². The minimum Gasteiger partial charge on any atom is -0.330 e. The highest BCUT2D eigenvalue weighted by molar-refractivity contribution is 7.80. The summed E-state index contributed by atoms with van der Waals surface area (Å²) >= 11 is 11.2. The molecule has 4 nitrogen and oxygen atoms in total. The van der Waals surface area contributed by atoms with Gasteiger partial charge in [-0.3, -0.25) is 4.68 Å². The number of thiocarbonyl (C=S) groups is 1. The van der Waals surface area contributed by atoms with Crippen LogP contribution in [0.2, 0.25) is 5.02 Å². The predicted molar refractivity (Wildman–Crippen MR) is 108 cm³/mol. The van der Waals surface area contributed by atoms with Crippen LogP contribution < -0.4 is 10.6 Å². The first kappa shape index (κ1) is 18.4. The molecule has 0 bridgehead atoms. The van der Waals surface area contributed by atoms with Gasteiger partial charge >= 0.3 is 0 Å². The third-order valence-electron chi connectivity index (χ3n) is 3.99. The lowest BCUT2D eigenvalue weighted by Gasteiger charge is -2.12. The van der Waals surface area contributed by atoms with Gasteiger partial charge in [0, 0.05) is 5.02 Å². The molecule has 0 unspecified atom stereocenters. The molecule has 2 aromatic carbocycles. The fraction of sp³-hybridized carbons (Fsp3) is 0.158. The van der Waals surface area contributed by atoms with Crippen molar-refractivity contribution in [3.8, 4) is 0 Å². The standard InChI is InChI=1S/C19H18ClFN4S/c1-12-18(23-19(26)22-17-6-4-3-5-16(17)21)13(2)25(24-12)11-14-7-9-15(20)10-8-14/h3-10H,11H2,1-2H3,(H2,22,23,26). The number of anilines is 2. The Bertz CT molecular complexity index is 937. The lowest BCUT2D eigenvalue weighted by atomic mass is 10.2. The lowest BCUT2D eigenvalue weighted by Crippen LogP contribution is -2.20. The van der Waals surface area contributed by atoms with E-state index in [1.807, 2.05) is 42.8 Å². The Morgan fingerprint density at radius 3 is 2.50 bits per heavy atom. The number of nitrogens with zero attached hydrogens (tertiary/aromatic N) is 2. The van der Waals surface area contributed by atoms with E-state index in [2.05, 4.69) is 15.7 Å². The second kappa shape index (κ2) is 7.85. The first-order valence-corrected chi connectivity index (χ1v) is 8.83. The molecule has 0 spiro atoms. The van der Waals surface area contributed by atoms with Gasteiger partial charge in [0.05, 0.1) is 29.3 Å². The van der Waals surface area contributed by atoms with Gasteiger partial charge in [-0.15, -0.1) is 0 Å². The van der Waals surface area contributed by atoms with Gasteiger partial charge in [-0.05, 0) is 55.9 Å². The molecule has 0 radical (unpaired) electrons. The number of hydrogen-bond donors (Lipinski definition) is 2. The van der Waals surface area contributed by atoms with E-state index in [4.69, 9.17) is 23.8 Å². The fourth-order valence-corrected chi connectivity index (χ4v) is 2.96. The van der Waals surface area contributed by atoms with Crippen molar-refractivity contribution < 1.29 is 4.39 Å². The van der Waals surface area contributed by atoms with E-state index < -0.39 is 0 Å². The molecule has 0 atom stereocenters. The van der Waals surface area contributed by atoms with E-state index in [1.54, 1.807) is 18.2 Å². The van der Waals surface area contributed by atoms with Crippen LogP contribution in [0.3, 0.4) is 0 Å². The molecule has 3 aromatic rings. The van der Waals surface area contributed by atoms with Gasteiger partial charge in [-0.1, -0.05) is 35.9 Å². The van der Waals surface area contributed by atoms with E-state index in [0.717, 1.165) is 22.6 Å². The highest BCUT2D eigenvalue weighted by atomic mass is 35.5. The van der Waals surface area contributed by atoms with Crippen LogP contribution in [0.15, 0.2) is 48.5 Å². The number of aromatic nitrogens is 2. The van der Waals surface area contributed by atoms with Crippen molar-refractivity contribution in [1.29, 1.82) is 0 Å². The molecular weight excluding hydrogens is 371 g/mol. The molecule has 1 heterocycles. The maximum absolute atomic E-state index is 13.7. The monoisotopic (exact) mass is 388 g/mol. The number of rotatable bonds is 4. The Balaban J connectivity index is 1.74. The summed E-state index contributed by atoms with van der Waals surface area (Å²) in [5.41, 5.74) is 3.99. The van der Waals surface area contributed by atoms with Crippen molar-refractivity contribution in [2.24, 2.45) is 0 Å². The molecule has 0 aliphatic heterocycles. The number of para-hydroxylation sites is 1. The van der Waals surface area contributed by atoms with E-state index in [0.29, 0.717) is 22.4 Å². The number of aryl methyl sites for hydroxylation is 1. The van der Waals surface area contributed by atoms with Crippen molar-refractivity contribution in [3.63, 3.8) is 0 Å². The minimum absolute atomic E-state index is 0.312. The van der Waals surface area contributed by atoms with E-state index in [9.17, 15) is 4.39 Å². The SMILES string of the molecule is Cc1nn(Cc2ccc(Cl)cc2)c(C)c1NC(=S)Nc1ccccc1F. The largest absolute Gasteiger partial charge is 0.330 e. The Kier molecular flexibility index (Phi) is 5.54. The summed E-state index contributed by atoms with van der Waals surface area (Å²) in [5.74, 6) is -0.358. The third-order valence-corrected chi connectivity index (χ3v) is 4.44. The summed E-state index contributed by atoms with van der Waals surface area (Å²) in [6, 6.07) is 14.0.